The van der Waals surface area contributed by atoms with Gasteiger partial charge in [0.15, 0.2) is 0 Å². The van der Waals surface area contributed by atoms with Gasteiger partial charge in [0, 0.05) is 11.8 Å². The molecule has 1 saturated heterocycles. The highest BCUT2D eigenvalue weighted by Gasteiger charge is 2.57. The normalized spacial score (nSPS) is 29.5. The Hall–Kier alpha value is -1.57. The van der Waals surface area contributed by atoms with E-state index in [9.17, 15) is 20.1 Å². The van der Waals surface area contributed by atoms with Crippen molar-refractivity contribution in [1.82, 2.24) is 10.3 Å². The van der Waals surface area contributed by atoms with Gasteiger partial charge < -0.3 is 20.6 Å². The van der Waals surface area contributed by atoms with Gasteiger partial charge in [-0.1, -0.05) is 26.8 Å². The quantitative estimate of drug-likeness (QED) is 0.607. The van der Waals surface area contributed by atoms with Crippen molar-refractivity contribution < 1.29 is 20.1 Å². The van der Waals surface area contributed by atoms with Crippen LogP contribution >= 0.6 is 12.2 Å². The van der Waals surface area contributed by atoms with Crippen molar-refractivity contribution in [3.63, 3.8) is 0 Å². The summed E-state index contributed by atoms with van der Waals surface area (Å²) in [4.78, 5) is 16.1. The third kappa shape index (κ3) is 2.39. The van der Waals surface area contributed by atoms with Crippen molar-refractivity contribution in [2.24, 2.45) is 11.8 Å². The van der Waals surface area contributed by atoms with Crippen LogP contribution in [0, 0.1) is 11.8 Å². The van der Waals surface area contributed by atoms with Gasteiger partial charge in [-0.25, -0.2) is 0 Å². The van der Waals surface area contributed by atoms with Gasteiger partial charge in [0.1, 0.15) is 11.2 Å². The molecule has 6 nitrogen and oxygen atoms in total. The van der Waals surface area contributed by atoms with Crippen LogP contribution in [0.15, 0.2) is 18.3 Å². The molecule has 0 radical (unpaired) electrons. The number of pyridine rings is 1. The molecule has 1 fully saturated rings. The highest BCUT2D eigenvalue weighted by Crippen LogP contribution is 2.41. The molecule has 0 aromatic carbocycles. The van der Waals surface area contributed by atoms with Gasteiger partial charge in [0.2, 0.25) is 11.0 Å². The van der Waals surface area contributed by atoms with Gasteiger partial charge in [0.05, 0.1) is 18.1 Å². The average Bonchev–Trinajstić information content (AvgIpc) is 2.71. The summed E-state index contributed by atoms with van der Waals surface area (Å²) in [6, 6.07) is 3.20. The minimum Gasteiger partial charge on any atom is -0.497 e. The lowest BCUT2D eigenvalue weighted by Gasteiger charge is -2.40. The topological polar surface area (TPSA) is 103 Å². The number of nitrogens with one attached hydrogen (secondary N) is 1. The monoisotopic (exact) mass is 324 g/mol. The molecule has 22 heavy (non-hydrogen) atoms. The lowest BCUT2D eigenvalue weighted by molar-refractivity contribution is -0.123. The van der Waals surface area contributed by atoms with E-state index in [4.69, 9.17) is 12.2 Å². The van der Waals surface area contributed by atoms with Crippen molar-refractivity contribution in [3.8, 4) is 0 Å². The molecule has 2 rings (SSSR count). The largest absolute Gasteiger partial charge is 0.497 e. The summed E-state index contributed by atoms with van der Waals surface area (Å²) in [6.07, 6.45) is -0.799. The maximum Gasteiger partial charge on any atom is 0.226 e. The minimum absolute atomic E-state index is 0.0747. The number of nitrogens with zero attached hydrogens (tertiary/aromatic N) is 1. The first-order valence-electron chi connectivity index (χ1n) is 7.10. The molecular weight excluding hydrogens is 304 g/mol. The van der Waals surface area contributed by atoms with Crippen LogP contribution in [0.3, 0.4) is 0 Å². The Morgan fingerprint density at radius 2 is 2.14 bits per heavy atom. The minimum atomic E-state index is -1.46. The Labute approximate surface area is 134 Å². The van der Waals surface area contributed by atoms with Crippen LogP contribution in [0.1, 0.15) is 32.0 Å². The predicted octanol–water partition coefficient (Wildman–Crippen LogP) is 0.654. The highest BCUT2D eigenvalue weighted by molar-refractivity contribution is 7.80. The van der Waals surface area contributed by atoms with Gasteiger partial charge in [-0.3, -0.25) is 9.78 Å². The first kappa shape index (κ1) is 16.8. The van der Waals surface area contributed by atoms with E-state index >= 15 is 0 Å². The number of aromatic nitrogens is 1. The highest BCUT2D eigenvalue weighted by atomic mass is 32.1. The van der Waals surface area contributed by atoms with Crippen LogP contribution in [-0.2, 0) is 10.3 Å². The average molecular weight is 324 g/mol. The molecule has 7 heteroatoms. The summed E-state index contributed by atoms with van der Waals surface area (Å²) >= 11 is 4.80. The van der Waals surface area contributed by atoms with E-state index in [-0.39, 0.29) is 17.5 Å². The van der Waals surface area contributed by atoms with Gasteiger partial charge >= 0.3 is 0 Å². The summed E-state index contributed by atoms with van der Waals surface area (Å²) < 4.78 is 0. The zero-order chi connectivity index (χ0) is 16.7. The number of rotatable bonds is 4. The van der Waals surface area contributed by atoms with E-state index in [1.54, 1.807) is 32.9 Å². The van der Waals surface area contributed by atoms with Crippen LogP contribution in [-0.4, -0.2) is 43.5 Å². The summed E-state index contributed by atoms with van der Waals surface area (Å²) in [7, 11) is 0. The Balaban J connectivity index is 2.71. The zero-order valence-corrected chi connectivity index (χ0v) is 13.5. The lowest BCUT2D eigenvalue weighted by atomic mass is 9.74. The number of carbonyl (C=O) groups excluding carboxylic acids is 1. The molecule has 4 N–H and O–H groups in total. The number of aliphatic hydroxyl groups excluding tert-OH is 3. The number of carbonyl (C=O) groups is 1. The molecule has 4 atom stereocenters. The van der Waals surface area contributed by atoms with Gasteiger partial charge in [-0.15, -0.1) is 0 Å². The van der Waals surface area contributed by atoms with Crippen molar-refractivity contribution in [2.45, 2.75) is 38.5 Å². The third-order valence-electron chi connectivity index (χ3n) is 4.24. The molecule has 1 aliphatic heterocycles. The van der Waals surface area contributed by atoms with Crippen LogP contribution in [0.2, 0.25) is 0 Å². The summed E-state index contributed by atoms with van der Waals surface area (Å²) in [5.41, 5.74) is -1.07. The molecule has 1 aromatic heterocycles. The maximum atomic E-state index is 12.1. The van der Waals surface area contributed by atoms with Crippen LogP contribution < -0.4 is 5.32 Å². The van der Waals surface area contributed by atoms with Crippen LogP contribution in [0.5, 0.6) is 0 Å². The predicted molar refractivity (Wildman–Crippen MR) is 84.4 cm³/mol. The molecule has 0 saturated carbocycles. The molecule has 1 aliphatic rings. The number of aliphatic hydroxyl groups is 3. The molecule has 2 heterocycles. The fourth-order valence-electron chi connectivity index (χ4n) is 3.00. The zero-order valence-electron chi connectivity index (χ0n) is 12.6. The maximum absolute atomic E-state index is 12.1. The molecule has 0 bridgehead atoms. The standard InChI is InChI=1S/C15H20N2O4S/c1-7(2)11(18)15(12(19)8(3)13(20)17-15)9-5-4-6-16-10(9)14(21)22/h4-8,11-12,18-19H,1-3H3,(H,17,20)(H,21,22). The lowest BCUT2D eigenvalue weighted by Crippen LogP contribution is -2.57. The van der Waals surface area contributed by atoms with E-state index in [0.29, 0.717) is 5.56 Å². The molecule has 1 amide bonds. The van der Waals surface area contributed by atoms with Crippen molar-refractivity contribution in [3.05, 3.63) is 29.6 Å². The second-order valence-electron chi connectivity index (χ2n) is 5.99. The second kappa shape index (κ2) is 5.91. The number of hydrogen-bond acceptors (Lipinski definition) is 5. The van der Waals surface area contributed by atoms with E-state index in [0.717, 1.165) is 0 Å². The molecule has 0 spiro atoms. The van der Waals surface area contributed by atoms with Crippen molar-refractivity contribution in [2.75, 3.05) is 0 Å². The molecular formula is C15H20N2O4S. The summed E-state index contributed by atoms with van der Waals surface area (Å²) in [6.45, 7) is 5.14. The number of hydrogen-bond donors (Lipinski definition) is 4. The fourth-order valence-corrected chi connectivity index (χ4v) is 3.16. The first-order valence-corrected chi connectivity index (χ1v) is 7.51. The Morgan fingerprint density at radius 3 is 2.59 bits per heavy atom. The Morgan fingerprint density at radius 1 is 1.50 bits per heavy atom. The Bertz CT molecular complexity index is 607. The summed E-state index contributed by atoms with van der Waals surface area (Å²) in [5.74, 6) is -1.32. The SMILES string of the molecule is CC(C)C(O)C1(c2cccnc2C(O)=S)NC(=O)C(C)C1O. The summed E-state index contributed by atoms with van der Waals surface area (Å²) in [5, 5.41) is 33.3. The molecule has 0 aliphatic carbocycles. The van der Waals surface area contributed by atoms with E-state index in [1.165, 1.54) is 6.20 Å². The smallest absolute Gasteiger partial charge is 0.226 e. The number of thiocarbonyl (C=S) groups is 1. The van der Waals surface area contributed by atoms with Crippen molar-refractivity contribution >= 4 is 23.2 Å². The van der Waals surface area contributed by atoms with Crippen molar-refractivity contribution in [1.29, 1.82) is 0 Å². The third-order valence-corrected chi connectivity index (χ3v) is 4.43. The van der Waals surface area contributed by atoms with Crippen LogP contribution in [0.25, 0.3) is 0 Å². The Kier molecular flexibility index (Phi) is 4.51. The van der Waals surface area contributed by atoms with Gasteiger partial charge in [0.25, 0.3) is 0 Å². The van der Waals surface area contributed by atoms with E-state index in [2.05, 4.69) is 10.3 Å². The van der Waals surface area contributed by atoms with E-state index in [1.807, 2.05) is 0 Å². The number of amides is 1. The van der Waals surface area contributed by atoms with E-state index < -0.39 is 28.7 Å². The fraction of sp³-hybridized carbons (Fsp3) is 0.533. The molecule has 4 unspecified atom stereocenters. The van der Waals surface area contributed by atoms with Gasteiger partial charge in [-0.2, -0.15) is 0 Å². The molecule has 1 aromatic rings. The second-order valence-corrected chi connectivity index (χ2v) is 6.37. The van der Waals surface area contributed by atoms with Gasteiger partial charge in [-0.05, 0) is 24.2 Å². The first-order chi connectivity index (χ1) is 10.2. The van der Waals surface area contributed by atoms with Crippen LogP contribution in [0.4, 0.5) is 0 Å². The molecule has 120 valence electrons.